The van der Waals surface area contributed by atoms with Crippen LogP contribution in [0.2, 0.25) is 0 Å². The van der Waals surface area contributed by atoms with E-state index in [2.05, 4.69) is 5.32 Å². The van der Waals surface area contributed by atoms with Crippen molar-refractivity contribution in [3.05, 3.63) is 59.7 Å². The third kappa shape index (κ3) is 7.33. The third-order valence-corrected chi connectivity index (χ3v) is 8.21. The Morgan fingerprint density at radius 2 is 1.40 bits per heavy atom. The quantitative estimate of drug-likeness (QED) is 0.316. The van der Waals surface area contributed by atoms with Gasteiger partial charge in [-0.2, -0.15) is 0 Å². The molecule has 0 radical (unpaired) electrons. The summed E-state index contributed by atoms with van der Waals surface area (Å²) in [5.41, 5.74) is 4.28. The Morgan fingerprint density at radius 3 is 1.86 bits per heavy atom. The lowest BCUT2D eigenvalue weighted by Crippen LogP contribution is -2.59. The minimum atomic E-state index is -1.61. The molecule has 2 aromatic rings. The lowest BCUT2D eigenvalue weighted by molar-refractivity contribution is -0.157. The molecular formula is C32H41N3O8. The van der Waals surface area contributed by atoms with Crippen LogP contribution in [0.25, 0.3) is 11.1 Å². The van der Waals surface area contributed by atoms with Crippen molar-refractivity contribution in [1.29, 1.82) is 0 Å². The molecule has 3 rings (SSSR count). The fourth-order valence-corrected chi connectivity index (χ4v) is 5.62. The van der Waals surface area contributed by atoms with E-state index < -0.39 is 60.3 Å². The number of nitrogens with one attached hydrogen (secondary N) is 1. The summed E-state index contributed by atoms with van der Waals surface area (Å²) in [6, 6.07) is 12.1. The molecular weight excluding hydrogens is 554 g/mol. The minimum Gasteiger partial charge on any atom is -0.481 e. The van der Waals surface area contributed by atoms with Crippen molar-refractivity contribution < 1.29 is 38.9 Å². The van der Waals surface area contributed by atoms with Gasteiger partial charge in [-0.15, -0.1) is 0 Å². The number of likely N-dealkylation sites (N-methyl/N-ethyl adjacent to an activating group) is 2. The average Bonchev–Trinajstić information content (AvgIpc) is 3.29. The normalized spacial score (nSPS) is 15.0. The highest BCUT2D eigenvalue weighted by atomic mass is 16.5. The van der Waals surface area contributed by atoms with Crippen LogP contribution >= 0.6 is 0 Å². The summed E-state index contributed by atoms with van der Waals surface area (Å²) in [7, 11) is 2.62. The first kappa shape index (κ1) is 33.1. The fraction of sp³-hybridized carbons (Fsp3) is 0.469. The number of nitrogens with zero attached hydrogens (tertiary/aromatic N) is 2. The average molecular weight is 596 g/mol. The van der Waals surface area contributed by atoms with Gasteiger partial charge >= 0.3 is 18.0 Å². The van der Waals surface area contributed by atoms with Crippen LogP contribution in [0, 0.1) is 11.8 Å². The predicted molar refractivity (Wildman–Crippen MR) is 159 cm³/mol. The van der Waals surface area contributed by atoms with Crippen LogP contribution < -0.4 is 5.32 Å². The van der Waals surface area contributed by atoms with E-state index in [1.54, 1.807) is 20.8 Å². The Balaban J connectivity index is 1.76. The van der Waals surface area contributed by atoms with Gasteiger partial charge in [0, 0.05) is 20.0 Å². The molecule has 2 aromatic carbocycles. The first-order valence-corrected chi connectivity index (χ1v) is 14.4. The van der Waals surface area contributed by atoms with E-state index in [4.69, 9.17) is 9.84 Å². The summed E-state index contributed by atoms with van der Waals surface area (Å²) in [6.45, 7) is 7.13. The third-order valence-electron chi connectivity index (χ3n) is 8.21. The molecule has 232 valence electrons. The zero-order valence-corrected chi connectivity index (χ0v) is 25.4. The van der Waals surface area contributed by atoms with Crippen molar-refractivity contribution in [1.82, 2.24) is 15.1 Å². The second kappa shape index (κ2) is 14.2. The smallest absolute Gasteiger partial charge is 0.407 e. The molecule has 0 saturated carbocycles. The van der Waals surface area contributed by atoms with Crippen molar-refractivity contribution in [3.63, 3.8) is 0 Å². The van der Waals surface area contributed by atoms with Gasteiger partial charge in [0.05, 0.1) is 6.42 Å². The van der Waals surface area contributed by atoms with Crippen LogP contribution in [0.4, 0.5) is 4.79 Å². The molecule has 4 atom stereocenters. The fourth-order valence-electron chi connectivity index (χ4n) is 5.62. The van der Waals surface area contributed by atoms with E-state index in [-0.39, 0.29) is 18.4 Å². The Morgan fingerprint density at radius 1 is 0.860 bits per heavy atom. The number of benzene rings is 2. The molecule has 0 aromatic heterocycles. The van der Waals surface area contributed by atoms with Gasteiger partial charge in [0.15, 0.2) is 0 Å². The molecule has 0 spiro atoms. The van der Waals surface area contributed by atoms with Crippen LogP contribution in [-0.4, -0.2) is 88.7 Å². The number of carbonyl (C=O) groups excluding carboxylic acids is 3. The molecule has 3 amide bonds. The van der Waals surface area contributed by atoms with Crippen LogP contribution in [0.1, 0.15) is 57.6 Å². The summed E-state index contributed by atoms with van der Waals surface area (Å²) in [4.78, 5) is 65.4. The second-order valence-corrected chi connectivity index (χ2v) is 11.4. The van der Waals surface area contributed by atoms with Crippen molar-refractivity contribution in [2.75, 3.05) is 20.7 Å². The van der Waals surface area contributed by atoms with Crippen LogP contribution in [-0.2, 0) is 23.9 Å². The summed E-state index contributed by atoms with van der Waals surface area (Å²) in [5, 5.41) is 21.4. The first-order chi connectivity index (χ1) is 20.3. The van der Waals surface area contributed by atoms with E-state index in [0.29, 0.717) is 6.42 Å². The molecule has 11 heteroatoms. The monoisotopic (exact) mass is 595 g/mol. The van der Waals surface area contributed by atoms with Crippen LogP contribution in [0.3, 0.4) is 0 Å². The summed E-state index contributed by atoms with van der Waals surface area (Å²) < 4.78 is 5.67. The Labute approximate surface area is 251 Å². The van der Waals surface area contributed by atoms with E-state index in [1.165, 1.54) is 19.0 Å². The van der Waals surface area contributed by atoms with Gasteiger partial charge in [-0.1, -0.05) is 82.6 Å². The minimum absolute atomic E-state index is 0.0647. The van der Waals surface area contributed by atoms with Gasteiger partial charge in [0.2, 0.25) is 11.8 Å². The molecule has 11 nitrogen and oxygen atoms in total. The number of carboxylic acid groups (broad SMARTS) is 2. The van der Waals surface area contributed by atoms with Crippen LogP contribution in [0.15, 0.2) is 48.5 Å². The second-order valence-electron chi connectivity index (χ2n) is 11.4. The molecule has 0 unspecified atom stereocenters. The highest BCUT2D eigenvalue weighted by Gasteiger charge is 2.40. The number of hydrogen-bond donors (Lipinski definition) is 3. The van der Waals surface area contributed by atoms with Gasteiger partial charge < -0.3 is 30.1 Å². The molecule has 0 aliphatic heterocycles. The number of alkyl carbamates (subject to hydrolysis) is 1. The lowest BCUT2D eigenvalue weighted by Gasteiger charge is -2.37. The maximum atomic E-state index is 13.8. The number of hydrogen-bond acceptors (Lipinski definition) is 6. The van der Waals surface area contributed by atoms with E-state index in [1.807, 2.05) is 55.5 Å². The van der Waals surface area contributed by atoms with Crippen LogP contribution in [0.5, 0.6) is 0 Å². The molecule has 43 heavy (non-hydrogen) atoms. The van der Waals surface area contributed by atoms with Gasteiger partial charge in [-0.05, 0) is 34.1 Å². The number of fused-ring (bicyclic) bond motifs is 3. The number of carbonyl (C=O) groups is 5. The molecule has 1 aliphatic rings. The SMILES string of the molecule is CC[C@H](C)[C@H](NC(=O)OCC1c2ccccc2-c2ccccc21)C(=O)N(C)[C@H](C(=O)N(C)[C@@H](CC(=O)O)C(=O)O)C(C)C. The largest absolute Gasteiger partial charge is 0.481 e. The predicted octanol–water partition coefficient (Wildman–Crippen LogP) is 3.81. The maximum Gasteiger partial charge on any atom is 0.407 e. The molecule has 1 aliphatic carbocycles. The number of aliphatic carboxylic acids is 2. The standard InChI is InChI=1S/C32H41N3O8/c1-7-19(4)27(29(38)35(6)28(18(2)3)30(39)34(5)25(31(40)41)16-26(36)37)33-32(42)43-17-24-22-14-10-8-12-20(22)21-13-9-11-15-23(21)24/h8-15,18-19,24-25,27-28H,7,16-17H2,1-6H3,(H,33,42)(H,36,37)(H,40,41)/t19-,25-,27-,28-/m0/s1. The molecule has 0 saturated heterocycles. The highest BCUT2D eigenvalue weighted by Crippen LogP contribution is 2.44. The molecule has 3 N–H and O–H groups in total. The Bertz CT molecular complexity index is 1310. The zero-order chi connectivity index (χ0) is 32.0. The van der Waals surface area contributed by atoms with Gasteiger partial charge in [-0.25, -0.2) is 9.59 Å². The van der Waals surface area contributed by atoms with E-state index >= 15 is 0 Å². The molecule has 0 fully saturated rings. The Hall–Kier alpha value is -4.41. The zero-order valence-electron chi connectivity index (χ0n) is 25.4. The van der Waals surface area contributed by atoms with Gasteiger partial charge in [0.25, 0.3) is 0 Å². The first-order valence-electron chi connectivity index (χ1n) is 14.4. The summed E-state index contributed by atoms with van der Waals surface area (Å²) in [6.07, 6.45) is -1.03. The number of amides is 3. The maximum absolute atomic E-state index is 13.8. The van der Waals surface area contributed by atoms with Crippen molar-refractivity contribution in [2.45, 2.75) is 64.6 Å². The summed E-state index contributed by atoms with van der Waals surface area (Å²) >= 11 is 0. The van der Waals surface area contributed by atoms with E-state index in [0.717, 1.165) is 27.2 Å². The molecule has 0 heterocycles. The van der Waals surface area contributed by atoms with Crippen molar-refractivity contribution >= 4 is 29.8 Å². The lowest BCUT2D eigenvalue weighted by atomic mass is 9.95. The Kier molecular flexibility index (Phi) is 10.9. The molecule has 0 bridgehead atoms. The van der Waals surface area contributed by atoms with Gasteiger partial charge in [-0.3, -0.25) is 14.4 Å². The number of ether oxygens (including phenoxy) is 1. The summed E-state index contributed by atoms with van der Waals surface area (Å²) in [5.74, 6) is -5.04. The van der Waals surface area contributed by atoms with Crippen molar-refractivity contribution in [3.8, 4) is 11.1 Å². The highest BCUT2D eigenvalue weighted by molar-refractivity contribution is 5.94. The van der Waals surface area contributed by atoms with Gasteiger partial charge in [0.1, 0.15) is 24.7 Å². The van der Waals surface area contributed by atoms with E-state index in [9.17, 15) is 29.1 Å². The van der Waals surface area contributed by atoms with Crippen molar-refractivity contribution in [2.24, 2.45) is 11.8 Å². The number of rotatable bonds is 13. The number of carboxylic acids is 2. The topological polar surface area (TPSA) is 154 Å².